The van der Waals surface area contributed by atoms with Crippen molar-refractivity contribution in [2.75, 3.05) is 7.11 Å². The van der Waals surface area contributed by atoms with E-state index in [-0.39, 0.29) is 12.3 Å². The molecule has 150 valence electrons. The van der Waals surface area contributed by atoms with Crippen molar-refractivity contribution < 1.29 is 37.1 Å². The van der Waals surface area contributed by atoms with Gasteiger partial charge in [-0.1, -0.05) is 13.8 Å². The molecule has 0 rings (SSSR count). The number of carbonyl (C=O) groups is 4. The minimum absolute atomic E-state index is 0.0550. The Bertz CT molecular complexity index is 537. The van der Waals surface area contributed by atoms with Gasteiger partial charge in [0, 0.05) is 0 Å². The van der Waals surface area contributed by atoms with E-state index in [1.807, 2.05) is 0 Å². The van der Waals surface area contributed by atoms with Crippen molar-refractivity contribution in [3.8, 4) is 0 Å². The van der Waals surface area contributed by atoms with Gasteiger partial charge in [0.15, 0.2) is 0 Å². The Morgan fingerprint density at radius 3 is 1.81 bits per heavy atom. The van der Waals surface area contributed by atoms with Gasteiger partial charge >= 0.3 is 18.1 Å². The highest BCUT2D eigenvalue weighted by atomic mass is 19.4. The van der Waals surface area contributed by atoms with Crippen LogP contribution in [0.2, 0.25) is 0 Å². The quantitative estimate of drug-likeness (QED) is 0.521. The molecule has 3 amide bonds. The number of nitrogens with one attached hydrogen (secondary N) is 3. The fourth-order valence-corrected chi connectivity index (χ4v) is 1.90. The zero-order valence-corrected chi connectivity index (χ0v) is 15.2. The molecule has 3 N–H and O–H groups in total. The summed E-state index contributed by atoms with van der Waals surface area (Å²) in [5.74, 6) is -4.81. The number of esters is 1. The minimum atomic E-state index is -5.13. The standard InChI is InChI=1S/C15H24F3N3O5/c1-7(2)6-10(21-14(25)15(16,17)18)12(23)19-8(3)11(22)20-9(4)13(24)26-5/h7-10H,6H2,1-5H3,(H,19,23)(H,20,22)(H,21,25)/t8-,9-,10+/m0/s1. The van der Waals surface area contributed by atoms with Crippen molar-refractivity contribution in [1.82, 2.24) is 16.0 Å². The van der Waals surface area contributed by atoms with Crippen LogP contribution in [0.25, 0.3) is 0 Å². The normalized spacial score (nSPS) is 14.8. The first kappa shape index (κ1) is 23.7. The van der Waals surface area contributed by atoms with Crippen LogP contribution >= 0.6 is 0 Å². The monoisotopic (exact) mass is 383 g/mol. The Labute approximate surface area is 149 Å². The third-order valence-electron chi connectivity index (χ3n) is 3.25. The molecule has 0 unspecified atom stereocenters. The van der Waals surface area contributed by atoms with Crippen LogP contribution in [0, 0.1) is 5.92 Å². The Morgan fingerprint density at radius 1 is 0.885 bits per heavy atom. The number of halogens is 3. The van der Waals surface area contributed by atoms with Crippen LogP contribution in [0.15, 0.2) is 0 Å². The number of hydrogen-bond acceptors (Lipinski definition) is 5. The van der Waals surface area contributed by atoms with Crippen molar-refractivity contribution in [3.63, 3.8) is 0 Å². The lowest BCUT2D eigenvalue weighted by Gasteiger charge is -2.23. The lowest BCUT2D eigenvalue weighted by molar-refractivity contribution is -0.174. The first-order valence-corrected chi connectivity index (χ1v) is 7.85. The van der Waals surface area contributed by atoms with Gasteiger partial charge in [-0.2, -0.15) is 13.2 Å². The molecule has 11 heteroatoms. The van der Waals surface area contributed by atoms with Gasteiger partial charge in [0.05, 0.1) is 7.11 Å². The number of methoxy groups -OCH3 is 1. The maximum Gasteiger partial charge on any atom is 0.471 e. The molecule has 26 heavy (non-hydrogen) atoms. The summed E-state index contributed by atoms with van der Waals surface area (Å²) in [4.78, 5) is 46.4. The minimum Gasteiger partial charge on any atom is -0.467 e. The molecular weight excluding hydrogens is 359 g/mol. The molecule has 0 saturated carbocycles. The highest BCUT2D eigenvalue weighted by Crippen LogP contribution is 2.16. The number of hydrogen-bond donors (Lipinski definition) is 3. The third-order valence-corrected chi connectivity index (χ3v) is 3.25. The summed E-state index contributed by atoms with van der Waals surface area (Å²) in [5.41, 5.74) is 0. The van der Waals surface area contributed by atoms with Gasteiger partial charge in [-0.05, 0) is 26.2 Å². The molecule has 3 atom stereocenters. The van der Waals surface area contributed by atoms with Crippen molar-refractivity contribution in [1.29, 1.82) is 0 Å². The summed E-state index contributed by atoms with van der Waals surface area (Å²) < 4.78 is 41.6. The number of carbonyl (C=O) groups excluding carboxylic acids is 4. The smallest absolute Gasteiger partial charge is 0.467 e. The summed E-state index contributed by atoms with van der Waals surface area (Å²) in [5, 5.41) is 6.12. The summed E-state index contributed by atoms with van der Waals surface area (Å²) in [7, 11) is 1.13. The molecule has 0 aromatic rings. The summed E-state index contributed by atoms with van der Waals surface area (Å²) in [6, 6.07) is -3.58. The highest BCUT2D eigenvalue weighted by molar-refractivity contribution is 5.93. The molecule has 0 bridgehead atoms. The lowest BCUT2D eigenvalue weighted by Crippen LogP contribution is -2.56. The number of ether oxygens (including phenoxy) is 1. The average Bonchev–Trinajstić information content (AvgIpc) is 2.51. The maximum atomic E-state index is 12.4. The van der Waals surface area contributed by atoms with E-state index in [0.29, 0.717) is 0 Å². The van der Waals surface area contributed by atoms with E-state index >= 15 is 0 Å². The molecule has 0 aliphatic heterocycles. The molecule has 0 fully saturated rings. The largest absolute Gasteiger partial charge is 0.471 e. The van der Waals surface area contributed by atoms with Gasteiger partial charge < -0.3 is 20.7 Å². The first-order chi connectivity index (χ1) is 11.8. The molecule has 0 radical (unpaired) electrons. The van der Waals surface area contributed by atoms with Crippen molar-refractivity contribution >= 4 is 23.7 Å². The Balaban J connectivity index is 4.93. The van der Waals surface area contributed by atoms with E-state index in [1.165, 1.54) is 13.8 Å². The highest BCUT2D eigenvalue weighted by Gasteiger charge is 2.41. The van der Waals surface area contributed by atoms with Crippen molar-refractivity contribution in [2.45, 2.75) is 58.4 Å². The van der Waals surface area contributed by atoms with Crippen LogP contribution in [0.5, 0.6) is 0 Å². The SMILES string of the molecule is COC(=O)[C@H](C)NC(=O)[C@H](C)NC(=O)[C@@H](CC(C)C)NC(=O)C(F)(F)F. The van der Waals surface area contributed by atoms with Gasteiger partial charge in [-0.25, -0.2) is 4.79 Å². The Morgan fingerprint density at radius 2 is 1.38 bits per heavy atom. The molecule has 0 aliphatic rings. The fraction of sp³-hybridized carbons (Fsp3) is 0.733. The first-order valence-electron chi connectivity index (χ1n) is 7.85. The molecular formula is C15H24F3N3O5. The third kappa shape index (κ3) is 8.17. The topological polar surface area (TPSA) is 114 Å². The van der Waals surface area contributed by atoms with Crippen molar-refractivity contribution in [3.05, 3.63) is 0 Å². The van der Waals surface area contributed by atoms with Gasteiger partial charge in [-0.3, -0.25) is 14.4 Å². The molecule has 0 heterocycles. The number of rotatable bonds is 8. The predicted octanol–water partition coefficient (Wildman–Crippen LogP) is 0.262. The maximum absolute atomic E-state index is 12.4. The van der Waals surface area contributed by atoms with E-state index in [9.17, 15) is 32.3 Å². The second kappa shape index (κ2) is 9.97. The van der Waals surface area contributed by atoms with Gasteiger partial charge in [0.25, 0.3) is 0 Å². The van der Waals surface area contributed by atoms with Crippen LogP contribution in [-0.4, -0.2) is 55.1 Å². The molecule has 0 spiro atoms. The number of amides is 3. The molecule has 0 aliphatic carbocycles. The zero-order valence-electron chi connectivity index (χ0n) is 15.2. The zero-order chi connectivity index (χ0) is 20.7. The summed E-state index contributed by atoms with van der Waals surface area (Å²) in [6.45, 7) is 5.97. The van der Waals surface area contributed by atoms with Gasteiger partial charge in [-0.15, -0.1) is 0 Å². The molecule has 0 aromatic heterocycles. The lowest BCUT2D eigenvalue weighted by atomic mass is 10.0. The van der Waals surface area contributed by atoms with Gasteiger partial charge in [0.2, 0.25) is 11.8 Å². The Hall–Kier alpha value is -2.33. The van der Waals surface area contributed by atoms with Crippen LogP contribution in [0.1, 0.15) is 34.1 Å². The average molecular weight is 383 g/mol. The summed E-state index contributed by atoms with van der Waals surface area (Å²) in [6.07, 6.45) is -5.19. The number of alkyl halides is 3. The molecule has 8 nitrogen and oxygen atoms in total. The van der Waals surface area contributed by atoms with Crippen LogP contribution in [0.4, 0.5) is 13.2 Å². The van der Waals surface area contributed by atoms with E-state index in [2.05, 4.69) is 15.4 Å². The second-order valence-corrected chi connectivity index (χ2v) is 6.14. The summed E-state index contributed by atoms with van der Waals surface area (Å²) >= 11 is 0. The van der Waals surface area contributed by atoms with E-state index < -0.39 is 48.0 Å². The van der Waals surface area contributed by atoms with Crippen LogP contribution in [-0.2, 0) is 23.9 Å². The van der Waals surface area contributed by atoms with Crippen LogP contribution < -0.4 is 16.0 Å². The fourth-order valence-electron chi connectivity index (χ4n) is 1.90. The van der Waals surface area contributed by atoms with Gasteiger partial charge in [0.1, 0.15) is 18.1 Å². The predicted molar refractivity (Wildman–Crippen MR) is 84.7 cm³/mol. The Kier molecular flexibility index (Phi) is 9.08. The molecule has 0 saturated heterocycles. The molecule has 0 aromatic carbocycles. The van der Waals surface area contributed by atoms with E-state index in [4.69, 9.17) is 0 Å². The second-order valence-electron chi connectivity index (χ2n) is 6.14. The van der Waals surface area contributed by atoms with Crippen molar-refractivity contribution in [2.24, 2.45) is 5.92 Å². The van der Waals surface area contributed by atoms with E-state index in [0.717, 1.165) is 7.11 Å². The van der Waals surface area contributed by atoms with E-state index in [1.54, 1.807) is 19.2 Å². The van der Waals surface area contributed by atoms with Crippen LogP contribution in [0.3, 0.4) is 0 Å².